The first-order valence-corrected chi connectivity index (χ1v) is 13.2. The van der Waals surface area contributed by atoms with Gasteiger partial charge in [-0.1, -0.05) is 6.07 Å². The van der Waals surface area contributed by atoms with E-state index in [9.17, 15) is 22.4 Å². The Morgan fingerprint density at radius 2 is 1.76 bits per heavy atom. The van der Waals surface area contributed by atoms with E-state index < -0.39 is 40.8 Å². The summed E-state index contributed by atoms with van der Waals surface area (Å²) in [6.07, 6.45) is -1.04. The number of hydrogen-bond donors (Lipinski definition) is 2. The molecule has 222 valence electrons. The third kappa shape index (κ3) is 5.99. The van der Waals surface area contributed by atoms with Gasteiger partial charge in [-0.05, 0) is 67.8 Å². The lowest BCUT2D eigenvalue weighted by molar-refractivity contribution is -0.137. The number of halogens is 5. The van der Waals surface area contributed by atoms with Crippen LogP contribution >= 0.6 is 0 Å². The zero-order chi connectivity index (χ0) is 30.0. The second-order valence-corrected chi connectivity index (χ2v) is 9.87. The Labute approximate surface area is 237 Å². The van der Waals surface area contributed by atoms with Crippen LogP contribution in [0.5, 0.6) is 0 Å². The molecular formula is C28H28F5N7O2. The summed E-state index contributed by atoms with van der Waals surface area (Å²) in [6, 6.07) is 5.55. The highest BCUT2D eigenvalue weighted by Crippen LogP contribution is 2.38. The number of benzene rings is 2. The van der Waals surface area contributed by atoms with E-state index in [-0.39, 0.29) is 5.82 Å². The van der Waals surface area contributed by atoms with Gasteiger partial charge in [-0.25, -0.2) is 23.1 Å². The molecule has 0 atom stereocenters. The molecule has 1 aliphatic heterocycles. The fourth-order valence-electron chi connectivity index (χ4n) is 5.08. The molecule has 2 aromatic heterocycles. The van der Waals surface area contributed by atoms with Crippen LogP contribution in [0.4, 0.5) is 43.9 Å². The Bertz CT molecular complexity index is 1600. The van der Waals surface area contributed by atoms with Crippen molar-refractivity contribution < 1.29 is 31.5 Å². The van der Waals surface area contributed by atoms with Crippen LogP contribution in [-0.4, -0.2) is 58.4 Å². The largest absolute Gasteiger partial charge is 0.416 e. The summed E-state index contributed by atoms with van der Waals surface area (Å²) < 4.78 is 77.0. The molecule has 1 fully saturated rings. The molecule has 9 nitrogen and oxygen atoms in total. The summed E-state index contributed by atoms with van der Waals surface area (Å²) >= 11 is 0. The fourth-order valence-corrected chi connectivity index (χ4v) is 5.08. The van der Waals surface area contributed by atoms with Crippen LogP contribution in [0.25, 0.3) is 16.6 Å². The Hall–Kier alpha value is -4.30. The molecule has 42 heavy (non-hydrogen) atoms. The minimum absolute atomic E-state index is 0.161. The molecule has 0 radical (unpaired) electrons. The van der Waals surface area contributed by atoms with E-state index in [1.807, 2.05) is 6.07 Å². The minimum atomic E-state index is -4.83. The number of amides is 2. The first-order valence-electron chi connectivity index (χ1n) is 13.2. The third-order valence-electron chi connectivity index (χ3n) is 7.15. The Balaban J connectivity index is 1.45. The maximum atomic E-state index is 15.6. The van der Waals surface area contributed by atoms with Gasteiger partial charge < -0.3 is 16.2 Å². The predicted molar refractivity (Wildman–Crippen MR) is 146 cm³/mol. The Morgan fingerprint density at radius 1 is 1.00 bits per heavy atom. The topological polar surface area (TPSA) is 115 Å². The number of carbonyl (C=O) groups is 1. The van der Waals surface area contributed by atoms with Crippen LogP contribution in [0.3, 0.4) is 0 Å². The lowest BCUT2D eigenvalue weighted by Crippen LogP contribution is -2.36. The lowest BCUT2D eigenvalue weighted by Gasteiger charge is -2.26. The molecule has 3 heterocycles. The second-order valence-electron chi connectivity index (χ2n) is 9.87. The average molecular weight is 590 g/mol. The fraction of sp³-hybridized carbons (Fsp3) is 0.321. The smallest absolute Gasteiger partial charge is 0.382 e. The maximum Gasteiger partial charge on any atom is 0.416 e. The first-order chi connectivity index (χ1) is 20.0. The van der Waals surface area contributed by atoms with E-state index in [0.29, 0.717) is 46.2 Å². The van der Waals surface area contributed by atoms with E-state index in [2.05, 4.69) is 15.0 Å². The highest BCUT2D eigenvalue weighted by molar-refractivity contribution is 5.99. The second kappa shape index (κ2) is 11.9. The molecule has 14 heteroatoms. The maximum absolute atomic E-state index is 15.6. The molecule has 0 aliphatic carbocycles. The number of urea groups is 1. The van der Waals surface area contributed by atoms with Gasteiger partial charge in [0.05, 0.1) is 30.2 Å². The highest BCUT2D eigenvalue weighted by atomic mass is 19.4. The number of primary amides is 1. The zero-order valence-corrected chi connectivity index (χ0v) is 22.4. The molecule has 0 spiro atoms. The summed E-state index contributed by atoms with van der Waals surface area (Å²) in [4.78, 5) is 19.0. The number of carbonyl (C=O) groups excluding carboxylic acids is 1. The summed E-state index contributed by atoms with van der Waals surface area (Å²) in [6.45, 7) is 4.19. The van der Waals surface area contributed by atoms with Gasteiger partial charge in [0.2, 0.25) is 0 Å². The van der Waals surface area contributed by atoms with Crippen LogP contribution in [0, 0.1) is 11.6 Å². The van der Waals surface area contributed by atoms with E-state index >= 15 is 4.39 Å². The summed E-state index contributed by atoms with van der Waals surface area (Å²) in [7, 11) is 0. The van der Waals surface area contributed by atoms with Crippen molar-refractivity contribution in [3.05, 3.63) is 71.7 Å². The predicted octanol–water partition coefficient (Wildman–Crippen LogP) is 5.15. The van der Waals surface area contributed by atoms with Crippen molar-refractivity contribution in [3.8, 4) is 11.1 Å². The molecule has 0 saturated carbocycles. The van der Waals surface area contributed by atoms with Gasteiger partial charge in [-0.2, -0.15) is 18.3 Å². The SMILES string of the molecule is NC(=O)N(c1ccc(-c2cc(CCCCN3CCOCC3)n3ncnc(N)c23)cc1F)c1cc(C(F)(F)F)ccc1F. The molecule has 0 bridgehead atoms. The molecule has 4 aromatic rings. The van der Waals surface area contributed by atoms with Crippen molar-refractivity contribution in [2.45, 2.75) is 25.4 Å². The number of nitrogens with two attached hydrogens (primary N) is 2. The van der Waals surface area contributed by atoms with Gasteiger partial charge in [0.25, 0.3) is 0 Å². The first kappa shape index (κ1) is 29.2. The molecule has 2 amide bonds. The lowest BCUT2D eigenvalue weighted by atomic mass is 10.0. The quantitative estimate of drug-likeness (QED) is 0.217. The molecule has 2 aromatic carbocycles. The van der Waals surface area contributed by atoms with Crippen molar-refractivity contribution >= 4 is 28.7 Å². The number of aromatic nitrogens is 3. The normalized spacial score (nSPS) is 14.4. The summed E-state index contributed by atoms with van der Waals surface area (Å²) in [5, 5.41) is 4.33. The van der Waals surface area contributed by atoms with Crippen LogP contribution in [0.2, 0.25) is 0 Å². The number of nitrogen functional groups attached to an aromatic ring is 1. The van der Waals surface area contributed by atoms with Crippen molar-refractivity contribution in [1.29, 1.82) is 0 Å². The number of anilines is 3. The number of hydrogen-bond acceptors (Lipinski definition) is 6. The molecular weight excluding hydrogens is 561 g/mol. The number of fused-ring (bicyclic) bond motifs is 1. The molecule has 0 unspecified atom stereocenters. The van der Waals surface area contributed by atoms with E-state index in [0.717, 1.165) is 63.5 Å². The highest BCUT2D eigenvalue weighted by Gasteiger charge is 2.33. The number of rotatable bonds is 8. The van der Waals surface area contributed by atoms with Crippen molar-refractivity contribution in [3.63, 3.8) is 0 Å². The molecule has 1 saturated heterocycles. The van der Waals surface area contributed by atoms with Crippen LogP contribution in [-0.2, 0) is 17.3 Å². The third-order valence-corrected chi connectivity index (χ3v) is 7.15. The molecule has 4 N–H and O–H groups in total. The number of aryl methyl sites for hydroxylation is 1. The van der Waals surface area contributed by atoms with Crippen LogP contribution in [0.1, 0.15) is 24.1 Å². The van der Waals surface area contributed by atoms with E-state index in [1.165, 1.54) is 12.4 Å². The van der Waals surface area contributed by atoms with Crippen LogP contribution in [0.15, 0.2) is 48.8 Å². The van der Waals surface area contributed by atoms with Crippen molar-refractivity contribution in [2.75, 3.05) is 43.5 Å². The number of morpholine rings is 1. The van der Waals surface area contributed by atoms with Gasteiger partial charge in [-0.15, -0.1) is 0 Å². The average Bonchev–Trinajstić information content (AvgIpc) is 3.32. The van der Waals surface area contributed by atoms with Gasteiger partial charge in [0.15, 0.2) is 5.82 Å². The van der Waals surface area contributed by atoms with Crippen molar-refractivity contribution in [2.24, 2.45) is 5.73 Å². The molecule has 5 rings (SSSR count). The van der Waals surface area contributed by atoms with Gasteiger partial charge in [0.1, 0.15) is 23.5 Å². The molecule has 1 aliphatic rings. The standard InChI is InChI=1S/C28H28F5N7O2/c29-21-6-5-18(28(31,32)33)14-24(21)39(27(35)41)23-7-4-17(13-22(23)30)20-15-19(40-25(20)26(34)36-16-37-40)3-1-2-8-38-9-11-42-12-10-38/h4-7,13-16H,1-3,8-12H2,(H2,35,41)(H2,34,36,37). The van der Waals surface area contributed by atoms with Crippen molar-refractivity contribution in [1.82, 2.24) is 19.5 Å². The number of nitrogens with zero attached hydrogens (tertiary/aromatic N) is 5. The Kier molecular flexibility index (Phi) is 8.27. The van der Waals surface area contributed by atoms with Crippen LogP contribution < -0.4 is 16.4 Å². The van der Waals surface area contributed by atoms with Gasteiger partial charge in [0, 0.05) is 24.3 Å². The van der Waals surface area contributed by atoms with Gasteiger partial charge >= 0.3 is 12.2 Å². The number of ether oxygens (including phenoxy) is 1. The number of alkyl halides is 3. The Morgan fingerprint density at radius 3 is 2.45 bits per heavy atom. The summed E-state index contributed by atoms with van der Waals surface area (Å²) in [5.41, 5.74) is 11.1. The zero-order valence-electron chi connectivity index (χ0n) is 22.4. The minimum Gasteiger partial charge on any atom is -0.382 e. The van der Waals surface area contributed by atoms with E-state index in [4.69, 9.17) is 16.2 Å². The van der Waals surface area contributed by atoms with Gasteiger partial charge in [-0.3, -0.25) is 9.80 Å². The summed E-state index contributed by atoms with van der Waals surface area (Å²) in [5.74, 6) is -2.05. The number of unbranched alkanes of at least 4 members (excludes halogenated alkanes) is 1. The monoisotopic (exact) mass is 589 g/mol. The van der Waals surface area contributed by atoms with E-state index in [1.54, 1.807) is 4.52 Å².